The highest BCUT2D eigenvalue weighted by Crippen LogP contribution is 2.29. The first-order valence-corrected chi connectivity index (χ1v) is 11.1. The molecule has 9 heteroatoms. The molecule has 2 atom stereocenters. The zero-order chi connectivity index (χ0) is 20.4. The Morgan fingerprint density at radius 2 is 1.93 bits per heavy atom. The lowest BCUT2D eigenvalue weighted by Gasteiger charge is -2.31. The van der Waals surface area contributed by atoms with E-state index in [9.17, 15) is 17.2 Å². The third kappa shape index (κ3) is 4.91. The first kappa shape index (κ1) is 20.2. The molecule has 4 rings (SSSR count). The van der Waals surface area contributed by atoms with Crippen LogP contribution in [0.25, 0.3) is 11.3 Å². The van der Waals surface area contributed by atoms with Crippen molar-refractivity contribution in [1.29, 1.82) is 0 Å². The maximum absolute atomic E-state index is 13.9. The van der Waals surface area contributed by atoms with E-state index in [2.05, 4.69) is 9.71 Å². The molecule has 29 heavy (non-hydrogen) atoms. The third-order valence-corrected chi connectivity index (χ3v) is 7.13. The van der Waals surface area contributed by atoms with Gasteiger partial charge in [-0.1, -0.05) is 0 Å². The quantitative estimate of drug-likeness (QED) is 0.740. The van der Waals surface area contributed by atoms with Gasteiger partial charge in [0.05, 0.1) is 24.7 Å². The molecule has 2 aliphatic rings. The maximum Gasteiger partial charge on any atom is 0.214 e. The summed E-state index contributed by atoms with van der Waals surface area (Å²) in [5.41, 5.74) is 0.569. The van der Waals surface area contributed by atoms with Gasteiger partial charge in [-0.15, -0.1) is 0 Å². The number of ether oxygens (including phenoxy) is 2. The van der Waals surface area contributed by atoms with Crippen molar-refractivity contribution in [3.63, 3.8) is 0 Å². The SMILES string of the molecule is O=S(=O)(N[C@H]1CCOC[C@@H]1COc1ccc(-c2ncc(F)cc2F)cc1)C1CC1. The van der Waals surface area contributed by atoms with Crippen molar-refractivity contribution in [3.05, 3.63) is 48.2 Å². The highest BCUT2D eigenvalue weighted by molar-refractivity contribution is 7.90. The first-order chi connectivity index (χ1) is 13.9. The third-order valence-electron chi connectivity index (χ3n) is 5.15. The van der Waals surface area contributed by atoms with Crippen LogP contribution in [0.15, 0.2) is 36.5 Å². The van der Waals surface area contributed by atoms with Crippen LogP contribution in [-0.2, 0) is 14.8 Å². The molecule has 1 saturated heterocycles. The van der Waals surface area contributed by atoms with E-state index in [4.69, 9.17) is 9.47 Å². The molecule has 1 aliphatic heterocycles. The van der Waals surface area contributed by atoms with Gasteiger partial charge in [0.25, 0.3) is 0 Å². The van der Waals surface area contributed by atoms with Gasteiger partial charge in [-0.2, -0.15) is 0 Å². The molecule has 0 amide bonds. The molecule has 1 aromatic heterocycles. The number of rotatable bonds is 7. The van der Waals surface area contributed by atoms with Crippen molar-refractivity contribution < 1.29 is 26.7 Å². The van der Waals surface area contributed by atoms with Gasteiger partial charge in [-0.3, -0.25) is 4.98 Å². The van der Waals surface area contributed by atoms with Crippen LogP contribution in [-0.4, -0.2) is 44.5 Å². The van der Waals surface area contributed by atoms with Gasteiger partial charge < -0.3 is 9.47 Å². The molecule has 2 aromatic rings. The van der Waals surface area contributed by atoms with Gasteiger partial charge in [0, 0.05) is 30.2 Å². The van der Waals surface area contributed by atoms with E-state index in [1.165, 1.54) is 0 Å². The zero-order valence-electron chi connectivity index (χ0n) is 15.7. The molecular formula is C20H22F2N2O4S. The number of aromatic nitrogens is 1. The second kappa shape index (κ2) is 8.33. The molecule has 1 saturated carbocycles. The summed E-state index contributed by atoms with van der Waals surface area (Å²) in [6.45, 7) is 1.22. The fourth-order valence-corrected chi connectivity index (χ4v) is 5.02. The van der Waals surface area contributed by atoms with Gasteiger partial charge in [-0.05, 0) is 43.5 Å². The van der Waals surface area contributed by atoms with Crippen molar-refractivity contribution >= 4 is 10.0 Å². The fraction of sp³-hybridized carbons (Fsp3) is 0.450. The van der Waals surface area contributed by atoms with Crippen molar-refractivity contribution in [3.8, 4) is 17.0 Å². The molecule has 2 fully saturated rings. The summed E-state index contributed by atoms with van der Waals surface area (Å²) >= 11 is 0. The summed E-state index contributed by atoms with van der Waals surface area (Å²) in [4.78, 5) is 3.79. The Labute approximate surface area is 168 Å². The highest BCUT2D eigenvalue weighted by atomic mass is 32.2. The fourth-order valence-electron chi connectivity index (χ4n) is 3.34. The number of benzene rings is 1. The molecule has 0 spiro atoms. The Kier molecular flexibility index (Phi) is 5.80. The molecule has 0 radical (unpaired) electrons. The number of pyridine rings is 1. The topological polar surface area (TPSA) is 77.5 Å². The number of sulfonamides is 1. The van der Waals surface area contributed by atoms with Crippen LogP contribution >= 0.6 is 0 Å². The van der Waals surface area contributed by atoms with Crippen molar-refractivity contribution in [1.82, 2.24) is 9.71 Å². The number of nitrogens with zero attached hydrogens (tertiary/aromatic N) is 1. The van der Waals surface area contributed by atoms with Gasteiger partial charge in [-0.25, -0.2) is 21.9 Å². The summed E-state index contributed by atoms with van der Waals surface area (Å²) in [5, 5.41) is -0.264. The molecule has 6 nitrogen and oxygen atoms in total. The molecule has 1 aromatic carbocycles. The van der Waals surface area contributed by atoms with Crippen LogP contribution in [0.5, 0.6) is 5.75 Å². The van der Waals surface area contributed by atoms with Crippen LogP contribution in [0.2, 0.25) is 0 Å². The summed E-state index contributed by atoms with van der Waals surface area (Å²) in [7, 11) is -3.28. The van der Waals surface area contributed by atoms with Crippen LogP contribution in [0.4, 0.5) is 8.78 Å². The molecule has 0 unspecified atom stereocenters. The Hall–Kier alpha value is -2.10. The molecule has 1 aliphatic carbocycles. The number of halogens is 2. The van der Waals surface area contributed by atoms with E-state index in [1.54, 1.807) is 24.3 Å². The number of nitrogens with one attached hydrogen (secondary N) is 1. The number of hydrogen-bond donors (Lipinski definition) is 1. The smallest absolute Gasteiger partial charge is 0.214 e. The van der Waals surface area contributed by atoms with Gasteiger partial charge in [0.1, 0.15) is 17.3 Å². The van der Waals surface area contributed by atoms with Gasteiger partial charge in [0.15, 0.2) is 5.82 Å². The molecule has 2 heterocycles. The van der Waals surface area contributed by atoms with Crippen molar-refractivity contribution in [2.45, 2.75) is 30.6 Å². The van der Waals surface area contributed by atoms with Crippen molar-refractivity contribution in [2.24, 2.45) is 5.92 Å². The molecule has 156 valence electrons. The molecule has 0 bridgehead atoms. The number of hydrogen-bond acceptors (Lipinski definition) is 5. The van der Waals surface area contributed by atoms with E-state index in [0.29, 0.717) is 37.6 Å². The lowest BCUT2D eigenvalue weighted by atomic mass is 9.98. The first-order valence-electron chi connectivity index (χ1n) is 9.55. The highest BCUT2D eigenvalue weighted by Gasteiger charge is 2.39. The van der Waals surface area contributed by atoms with E-state index >= 15 is 0 Å². The van der Waals surface area contributed by atoms with Crippen LogP contribution in [0.3, 0.4) is 0 Å². The largest absolute Gasteiger partial charge is 0.493 e. The molecule has 1 N–H and O–H groups in total. The van der Waals surface area contributed by atoms with E-state index in [0.717, 1.165) is 25.1 Å². The summed E-state index contributed by atoms with van der Waals surface area (Å²) < 4.78 is 65.5. The van der Waals surface area contributed by atoms with Gasteiger partial charge in [0.2, 0.25) is 10.0 Å². The predicted molar refractivity (Wildman–Crippen MR) is 103 cm³/mol. The summed E-state index contributed by atoms with van der Waals surface area (Å²) in [6, 6.07) is 7.21. The summed E-state index contributed by atoms with van der Waals surface area (Å²) in [6.07, 6.45) is 3.01. The average molecular weight is 424 g/mol. The zero-order valence-corrected chi connectivity index (χ0v) is 16.5. The lowest BCUT2D eigenvalue weighted by Crippen LogP contribution is -2.48. The van der Waals surface area contributed by atoms with E-state index in [1.807, 2.05) is 0 Å². The molecular weight excluding hydrogens is 402 g/mol. The standard InChI is InChI=1S/C20H22F2N2O4S/c21-15-9-18(22)20(23-10-15)13-1-3-16(4-2-13)28-12-14-11-27-8-7-19(14)24-29(25,26)17-5-6-17/h1-4,9-10,14,17,19,24H,5-8,11-12H2/t14-,19+/m1/s1. The second-order valence-corrected chi connectivity index (χ2v) is 9.40. The predicted octanol–water partition coefficient (Wildman–Crippen LogP) is 2.89. The van der Waals surface area contributed by atoms with Gasteiger partial charge >= 0.3 is 0 Å². The average Bonchev–Trinajstić information content (AvgIpc) is 3.54. The van der Waals surface area contributed by atoms with Crippen molar-refractivity contribution in [2.75, 3.05) is 19.8 Å². The van der Waals surface area contributed by atoms with E-state index < -0.39 is 21.7 Å². The minimum absolute atomic E-state index is 0.0631. The second-order valence-electron chi connectivity index (χ2n) is 7.41. The van der Waals surface area contributed by atoms with Crippen LogP contribution in [0, 0.1) is 17.6 Å². The summed E-state index contributed by atoms with van der Waals surface area (Å²) in [5.74, 6) is -1.00. The Morgan fingerprint density at radius 3 is 2.62 bits per heavy atom. The lowest BCUT2D eigenvalue weighted by molar-refractivity contribution is 0.0186. The maximum atomic E-state index is 13.9. The minimum atomic E-state index is -3.28. The van der Waals surface area contributed by atoms with E-state index in [-0.39, 0.29) is 22.9 Å². The Morgan fingerprint density at radius 1 is 1.17 bits per heavy atom. The monoisotopic (exact) mass is 424 g/mol. The van der Waals surface area contributed by atoms with Crippen LogP contribution < -0.4 is 9.46 Å². The Bertz CT molecular complexity index is 965. The normalized spacial score (nSPS) is 22.4. The van der Waals surface area contributed by atoms with Crippen LogP contribution in [0.1, 0.15) is 19.3 Å². The minimum Gasteiger partial charge on any atom is -0.493 e. The Balaban J connectivity index is 1.38.